The van der Waals surface area contributed by atoms with Crippen molar-refractivity contribution in [2.24, 2.45) is 5.92 Å². The Morgan fingerprint density at radius 3 is 2.63 bits per heavy atom. The SMILES string of the molecule is Cc1cc(NCC(C)CN2CCCCC2)nnc1C. The quantitative estimate of drug-likeness (QED) is 0.885. The molecule has 2 rings (SSSR count). The van der Waals surface area contributed by atoms with Gasteiger partial charge in [-0.15, -0.1) is 5.10 Å². The van der Waals surface area contributed by atoms with Crippen molar-refractivity contribution in [2.45, 2.75) is 40.0 Å². The molecule has 1 aromatic rings. The monoisotopic (exact) mass is 262 g/mol. The van der Waals surface area contributed by atoms with Crippen molar-refractivity contribution in [3.8, 4) is 0 Å². The summed E-state index contributed by atoms with van der Waals surface area (Å²) in [6.45, 7) is 11.1. The van der Waals surface area contributed by atoms with E-state index in [0.717, 1.165) is 18.1 Å². The highest BCUT2D eigenvalue weighted by molar-refractivity contribution is 5.37. The minimum Gasteiger partial charge on any atom is -0.368 e. The smallest absolute Gasteiger partial charge is 0.148 e. The molecule has 0 aromatic carbocycles. The van der Waals surface area contributed by atoms with Gasteiger partial charge in [-0.1, -0.05) is 13.3 Å². The Kier molecular flexibility index (Phi) is 5.14. The highest BCUT2D eigenvalue weighted by Gasteiger charge is 2.13. The van der Waals surface area contributed by atoms with E-state index in [-0.39, 0.29) is 0 Å². The number of anilines is 1. The van der Waals surface area contributed by atoms with Crippen LogP contribution in [-0.4, -0.2) is 41.3 Å². The van der Waals surface area contributed by atoms with E-state index in [2.05, 4.69) is 40.3 Å². The van der Waals surface area contributed by atoms with Crippen LogP contribution in [0.4, 0.5) is 5.82 Å². The van der Waals surface area contributed by atoms with Gasteiger partial charge in [-0.05, 0) is 57.3 Å². The van der Waals surface area contributed by atoms with Crippen LogP contribution < -0.4 is 5.32 Å². The summed E-state index contributed by atoms with van der Waals surface area (Å²) in [5.41, 5.74) is 2.20. The van der Waals surface area contributed by atoms with E-state index in [1.54, 1.807) is 0 Å². The van der Waals surface area contributed by atoms with Crippen molar-refractivity contribution in [3.05, 3.63) is 17.3 Å². The lowest BCUT2D eigenvalue weighted by molar-refractivity contribution is 0.204. The first-order valence-electron chi connectivity index (χ1n) is 7.42. The van der Waals surface area contributed by atoms with Gasteiger partial charge >= 0.3 is 0 Å². The molecule has 0 bridgehead atoms. The second kappa shape index (κ2) is 6.85. The second-order valence-electron chi connectivity index (χ2n) is 5.85. The lowest BCUT2D eigenvalue weighted by atomic mass is 10.1. The van der Waals surface area contributed by atoms with Gasteiger partial charge in [0, 0.05) is 13.1 Å². The van der Waals surface area contributed by atoms with Crippen LogP contribution in [0.15, 0.2) is 6.07 Å². The summed E-state index contributed by atoms with van der Waals surface area (Å²) in [4.78, 5) is 2.59. The number of aryl methyl sites for hydroxylation is 2. The standard InChI is InChI=1S/C15H26N4/c1-12(11-19-7-5-4-6-8-19)10-16-15-9-13(2)14(3)17-18-15/h9,12H,4-8,10-11H2,1-3H3,(H,16,18). The molecule has 1 fully saturated rings. The molecular weight excluding hydrogens is 236 g/mol. The molecule has 4 nitrogen and oxygen atoms in total. The van der Waals surface area contributed by atoms with Gasteiger partial charge in [-0.25, -0.2) is 0 Å². The van der Waals surface area contributed by atoms with Gasteiger partial charge < -0.3 is 10.2 Å². The van der Waals surface area contributed by atoms with Gasteiger partial charge in [0.15, 0.2) is 0 Å². The van der Waals surface area contributed by atoms with Crippen LogP contribution in [0.3, 0.4) is 0 Å². The van der Waals surface area contributed by atoms with E-state index in [1.165, 1.54) is 44.5 Å². The summed E-state index contributed by atoms with van der Waals surface area (Å²) < 4.78 is 0. The fourth-order valence-electron chi connectivity index (χ4n) is 2.56. The van der Waals surface area contributed by atoms with Crippen molar-refractivity contribution in [3.63, 3.8) is 0 Å². The highest BCUT2D eigenvalue weighted by atomic mass is 15.2. The molecule has 106 valence electrons. The molecule has 19 heavy (non-hydrogen) atoms. The molecule has 0 spiro atoms. The Hall–Kier alpha value is -1.16. The summed E-state index contributed by atoms with van der Waals surface area (Å²) in [5, 5.41) is 11.7. The first-order chi connectivity index (χ1) is 9.15. The summed E-state index contributed by atoms with van der Waals surface area (Å²) in [6.07, 6.45) is 4.13. The van der Waals surface area contributed by atoms with Gasteiger partial charge in [0.1, 0.15) is 5.82 Å². The largest absolute Gasteiger partial charge is 0.368 e. The molecule has 0 radical (unpaired) electrons. The highest BCUT2D eigenvalue weighted by Crippen LogP contribution is 2.12. The number of piperidine rings is 1. The molecular formula is C15H26N4. The van der Waals surface area contributed by atoms with Crippen molar-refractivity contribution >= 4 is 5.82 Å². The maximum Gasteiger partial charge on any atom is 0.148 e. The topological polar surface area (TPSA) is 41.0 Å². The second-order valence-corrected chi connectivity index (χ2v) is 5.85. The van der Waals surface area contributed by atoms with Crippen LogP contribution in [0, 0.1) is 19.8 Å². The van der Waals surface area contributed by atoms with E-state index in [4.69, 9.17) is 0 Å². The number of nitrogens with zero attached hydrogens (tertiary/aromatic N) is 3. The average Bonchev–Trinajstić information content (AvgIpc) is 2.41. The zero-order valence-corrected chi connectivity index (χ0v) is 12.4. The van der Waals surface area contributed by atoms with Gasteiger partial charge in [0.2, 0.25) is 0 Å². The maximum atomic E-state index is 4.18. The van der Waals surface area contributed by atoms with E-state index in [9.17, 15) is 0 Å². The minimum atomic E-state index is 0.640. The van der Waals surface area contributed by atoms with E-state index >= 15 is 0 Å². The first kappa shape index (κ1) is 14.3. The number of hydrogen-bond donors (Lipinski definition) is 1. The third-order valence-electron chi connectivity index (χ3n) is 3.88. The molecule has 1 unspecified atom stereocenters. The third-order valence-corrected chi connectivity index (χ3v) is 3.88. The summed E-state index contributed by atoms with van der Waals surface area (Å²) in [7, 11) is 0. The molecule has 1 aromatic heterocycles. The first-order valence-corrected chi connectivity index (χ1v) is 7.42. The third kappa shape index (κ3) is 4.46. The lowest BCUT2D eigenvalue weighted by Gasteiger charge is -2.29. The molecule has 1 N–H and O–H groups in total. The number of likely N-dealkylation sites (tertiary alicyclic amines) is 1. The van der Waals surface area contributed by atoms with E-state index in [0.29, 0.717) is 5.92 Å². The van der Waals surface area contributed by atoms with E-state index in [1.807, 2.05) is 6.92 Å². The predicted octanol–water partition coefficient (Wildman–Crippen LogP) is 2.63. The Bertz CT molecular complexity index is 399. The van der Waals surface area contributed by atoms with Gasteiger partial charge in [0.05, 0.1) is 5.69 Å². The van der Waals surface area contributed by atoms with Crippen LogP contribution in [-0.2, 0) is 0 Å². The number of rotatable bonds is 5. The molecule has 0 aliphatic carbocycles. The fourth-order valence-corrected chi connectivity index (χ4v) is 2.56. The van der Waals surface area contributed by atoms with Crippen LogP contribution in [0.2, 0.25) is 0 Å². The molecule has 4 heteroatoms. The molecule has 1 aliphatic heterocycles. The van der Waals surface area contributed by atoms with Crippen molar-refractivity contribution in [1.29, 1.82) is 0 Å². The summed E-state index contributed by atoms with van der Waals surface area (Å²) in [6, 6.07) is 2.08. The Labute approximate surface area is 116 Å². The number of hydrogen-bond acceptors (Lipinski definition) is 4. The van der Waals surface area contributed by atoms with Crippen molar-refractivity contribution < 1.29 is 0 Å². The van der Waals surface area contributed by atoms with Gasteiger partial charge in [-0.2, -0.15) is 5.10 Å². The zero-order valence-electron chi connectivity index (χ0n) is 12.4. The molecule has 0 saturated carbocycles. The Morgan fingerprint density at radius 1 is 1.21 bits per heavy atom. The molecule has 1 aliphatic rings. The van der Waals surface area contributed by atoms with E-state index < -0.39 is 0 Å². The van der Waals surface area contributed by atoms with Crippen molar-refractivity contribution in [1.82, 2.24) is 15.1 Å². The Morgan fingerprint density at radius 2 is 1.95 bits per heavy atom. The Balaban J connectivity index is 1.75. The zero-order chi connectivity index (χ0) is 13.7. The minimum absolute atomic E-state index is 0.640. The summed E-state index contributed by atoms with van der Waals surface area (Å²) in [5.74, 6) is 1.54. The van der Waals surface area contributed by atoms with Crippen LogP contribution in [0.5, 0.6) is 0 Å². The molecule has 1 atom stereocenters. The number of nitrogens with one attached hydrogen (secondary N) is 1. The van der Waals surface area contributed by atoms with Crippen LogP contribution in [0.1, 0.15) is 37.4 Å². The van der Waals surface area contributed by atoms with Gasteiger partial charge in [-0.3, -0.25) is 0 Å². The maximum absolute atomic E-state index is 4.18. The molecule has 1 saturated heterocycles. The molecule has 2 heterocycles. The normalized spacial score (nSPS) is 18.3. The average molecular weight is 262 g/mol. The van der Waals surface area contributed by atoms with Crippen LogP contribution >= 0.6 is 0 Å². The lowest BCUT2D eigenvalue weighted by Crippen LogP contribution is -2.35. The predicted molar refractivity (Wildman–Crippen MR) is 79.5 cm³/mol. The van der Waals surface area contributed by atoms with Crippen molar-refractivity contribution in [2.75, 3.05) is 31.5 Å². The summed E-state index contributed by atoms with van der Waals surface area (Å²) >= 11 is 0. The molecule has 0 amide bonds. The van der Waals surface area contributed by atoms with Gasteiger partial charge in [0.25, 0.3) is 0 Å². The van der Waals surface area contributed by atoms with Crippen LogP contribution in [0.25, 0.3) is 0 Å². The fraction of sp³-hybridized carbons (Fsp3) is 0.733. The number of aromatic nitrogens is 2.